The van der Waals surface area contributed by atoms with Crippen LogP contribution in [0.1, 0.15) is 95.7 Å². The highest BCUT2D eigenvalue weighted by Gasteiger charge is 2.50. The van der Waals surface area contributed by atoms with Crippen molar-refractivity contribution < 1.29 is 0 Å². The molecule has 0 atom stereocenters. The van der Waals surface area contributed by atoms with E-state index in [2.05, 4.69) is 241 Å². The van der Waals surface area contributed by atoms with E-state index in [1.807, 2.05) is 18.2 Å². The normalized spacial score (nSPS) is 16.0. The predicted octanol–water partition coefficient (Wildman–Crippen LogP) is 16.9. The van der Waals surface area contributed by atoms with Crippen LogP contribution >= 0.6 is 0 Å². The molecule has 7 aromatic carbocycles. The Hall–Kier alpha value is -6.96. The number of aryl methyl sites for hydroxylation is 3. The van der Waals surface area contributed by atoms with E-state index < -0.39 is 5.41 Å². The van der Waals surface area contributed by atoms with E-state index in [0.717, 1.165) is 0 Å². The van der Waals surface area contributed by atoms with Gasteiger partial charge in [-0.05, 0) is 139 Å². The summed E-state index contributed by atoms with van der Waals surface area (Å²) in [5, 5.41) is 0. The molecule has 0 aromatic heterocycles. The van der Waals surface area contributed by atoms with Gasteiger partial charge in [0.1, 0.15) is 0 Å². The minimum Gasteiger partial charge on any atom is -0.310 e. The van der Waals surface area contributed by atoms with Gasteiger partial charge in [-0.2, -0.15) is 0 Å². The first-order chi connectivity index (χ1) is 31.2. The van der Waals surface area contributed by atoms with Crippen LogP contribution in [-0.4, -0.2) is 0 Å². The number of anilines is 3. The summed E-state index contributed by atoms with van der Waals surface area (Å²) in [6.07, 6.45) is 17.7. The molecule has 1 nitrogen and oxygen atoms in total. The van der Waals surface area contributed by atoms with Gasteiger partial charge in [0.2, 0.25) is 0 Å². The second kappa shape index (κ2) is 18.0. The molecule has 0 amide bonds. The Morgan fingerprint density at radius 1 is 0.578 bits per heavy atom. The first kappa shape index (κ1) is 42.3. The highest BCUT2D eigenvalue weighted by Crippen LogP contribution is 2.61. The van der Waals surface area contributed by atoms with Gasteiger partial charge in [0.05, 0.1) is 16.8 Å². The summed E-state index contributed by atoms with van der Waals surface area (Å²) < 4.78 is 0. The molecule has 11 rings (SSSR count). The van der Waals surface area contributed by atoms with Gasteiger partial charge in [0, 0.05) is 11.1 Å². The van der Waals surface area contributed by atoms with Crippen molar-refractivity contribution in [1.29, 1.82) is 0 Å². The highest BCUT2D eigenvalue weighted by atomic mass is 15.2. The molecule has 0 radical (unpaired) electrons. The molecule has 7 aromatic rings. The maximum Gasteiger partial charge on any atom is 0.0748 e. The molecular weight excluding hydrogens is 771 g/mol. The molecule has 1 aliphatic heterocycles. The largest absolute Gasteiger partial charge is 0.310 e. The second-order valence-electron chi connectivity index (χ2n) is 18.1. The van der Waals surface area contributed by atoms with Crippen molar-refractivity contribution in [1.82, 2.24) is 0 Å². The smallest absolute Gasteiger partial charge is 0.0748 e. The van der Waals surface area contributed by atoms with Crippen LogP contribution in [0.15, 0.2) is 217 Å². The number of hydrogen-bond donors (Lipinski definition) is 0. The molecule has 1 heteroatoms. The molecule has 1 heterocycles. The average molecular weight is 830 g/mol. The van der Waals surface area contributed by atoms with Crippen LogP contribution in [-0.2, 0) is 10.8 Å². The molecule has 1 spiro atoms. The van der Waals surface area contributed by atoms with E-state index in [1.165, 1.54) is 109 Å². The molecule has 4 aliphatic rings. The molecule has 0 saturated carbocycles. The molecule has 316 valence electrons. The number of hydrogen-bond acceptors (Lipinski definition) is 1. The fourth-order valence-electron chi connectivity index (χ4n) is 10.4. The van der Waals surface area contributed by atoms with E-state index in [-0.39, 0.29) is 5.41 Å². The van der Waals surface area contributed by atoms with E-state index in [0.29, 0.717) is 0 Å². The minimum atomic E-state index is -0.438. The number of benzene rings is 7. The number of fused-ring (bicyclic) bond motifs is 8. The molecule has 0 bridgehead atoms. The van der Waals surface area contributed by atoms with Crippen LogP contribution in [0.5, 0.6) is 0 Å². The predicted molar refractivity (Wildman–Crippen MR) is 275 cm³/mol. The Kier molecular flexibility index (Phi) is 11.9. The van der Waals surface area contributed by atoms with Crippen LogP contribution < -0.4 is 4.90 Å². The summed E-state index contributed by atoms with van der Waals surface area (Å²) in [4.78, 5) is 2.42. The van der Waals surface area contributed by atoms with Crippen molar-refractivity contribution in [3.8, 4) is 0 Å². The van der Waals surface area contributed by atoms with Crippen molar-refractivity contribution in [2.75, 3.05) is 4.90 Å². The van der Waals surface area contributed by atoms with Gasteiger partial charge in [-0.15, -0.1) is 0 Å². The number of allylic oxidation sites excluding steroid dienone is 9. The Balaban J connectivity index is 0.000000176. The lowest BCUT2D eigenvalue weighted by molar-refractivity contribution is 0.598. The van der Waals surface area contributed by atoms with Gasteiger partial charge in [-0.3, -0.25) is 0 Å². The van der Waals surface area contributed by atoms with E-state index in [1.54, 1.807) is 5.57 Å². The Morgan fingerprint density at radius 3 is 1.80 bits per heavy atom. The third kappa shape index (κ3) is 7.75. The minimum absolute atomic E-state index is 0.228. The van der Waals surface area contributed by atoms with E-state index in [4.69, 9.17) is 0 Å². The Bertz CT molecular complexity index is 2900. The van der Waals surface area contributed by atoms with Gasteiger partial charge in [0.15, 0.2) is 0 Å². The van der Waals surface area contributed by atoms with Gasteiger partial charge in [-0.1, -0.05) is 212 Å². The third-order valence-corrected chi connectivity index (χ3v) is 13.5. The van der Waals surface area contributed by atoms with Gasteiger partial charge in [-0.25, -0.2) is 0 Å². The zero-order valence-corrected chi connectivity index (χ0v) is 38.3. The van der Waals surface area contributed by atoms with Gasteiger partial charge >= 0.3 is 0 Å². The maximum absolute atomic E-state index is 2.42. The molecule has 3 aliphatic carbocycles. The summed E-state index contributed by atoms with van der Waals surface area (Å²) in [6.45, 7) is 13.3. The van der Waals surface area contributed by atoms with E-state index >= 15 is 0 Å². The van der Waals surface area contributed by atoms with E-state index in [9.17, 15) is 0 Å². The summed E-state index contributed by atoms with van der Waals surface area (Å²) in [6, 6.07) is 63.6. The molecule has 64 heavy (non-hydrogen) atoms. The zero-order valence-electron chi connectivity index (χ0n) is 38.3. The topological polar surface area (TPSA) is 3.24 Å². The van der Waals surface area contributed by atoms with Crippen LogP contribution in [0.2, 0.25) is 0 Å². The quantitative estimate of drug-likeness (QED) is 0.160. The van der Waals surface area contributed by atoms with Gasteiger partial charge < -0.3 is 4.90 Å². The number of para-hydroxylation sites is 3. The SMILES string of the molecule is C/C=C\C(=C/C1=Cc2ccccc2C12c1ccccc1N(c1ccccc1)c1ccccc12)c1ccc(C)cc1.Cc1ccc2c(c1)C(C)(C)C1=C2C=CCCC1.Cc1ccccc1. The summed E-state index contributed by atoms with van der Waals surface area (Å²) in [7, 11) is 0. The highest BCUT2D eigenvalue weighted by molar-refractivity contribution is 5.95. The monoisotopic (exact) mass is 829 g/mol. The summed E-state index contributed by atoms with van der Waals surface area (Å²) in [5.74, 6) is 0. The van der Waals surface area contributed by atoms with Crippen molar-refractivity contribution >= 4 is 34.3 Å². The lowest BCUT2D eigenvalue weighted by Crippen LogP contribution is -2.36. The second-order valence-corrected chi connectivity index (χ2v) is 18.1. The fourth-order valence-corrected chi connectivity index (χ4v) is 10.4. The Morgan fingerprint density at radius 2 is 1.16 bits per heavy atom. The average Bonchev–Trinajstić information content (AvgIpc) is 3.57. The Labute approximate surface area is 382 Å². The molecule has 0 N–H and O–H groups in total. The van der Waals surface area contributed by atoms with Crippen LogP contribution in [0.4, 0.5) is 17.1 Å². The summed E-state index contributed by atoms with van der Waals surface area (Å²) >= 11 is 0. The standard InChI is InChI=1S/C39H31N.C17H20.C7H8/c1-3-13-30(29-24-22-28(2)23-25-29)26-32-27-31-14-7-8-17-34(31)39(32)35-18-9-11-20-37(35)40(33-15-5-4-6-16-33)38-21-12-10-19-36(38)39;1-12-9-10-14-13-7-5-4-6-8-15(13)17(2,3)16(14)11-12;1-7-5-3-2-4-6-7/h3-27H,1-2H3;5,7,9-11H,4,6,8H2,1-3H3;2-6H,1H3/b13-3-,30-26+;;. The molecule has 0 fully saturated rings. The maximum atomic E-state index is 2.42. The number of rotatable bonds is 4. The van der Waals surface area contributed by atoms with Crippen molar-refractivity contribution in [3.05, 3.63) is 273 Å². The van der Waals surface area contributed by atoms with Crippen LogP contribution in [0, 0.1) is 20.8 Å². The molecular formula is C63H59N. The fraction of sp³-hybridized carbons (Fsp3) is 0.175. The lowest BCUT2D eigenvalue weighted by atomic mass is 9.63. The van der Waals surface area contributed by atoms with Crippen molar-refractivity contribution in [2.24, 2.45) is 0 Å². The van der Waals surface area contributed by atoms with Crippen LogP contribution in [0.3, 0.4) is 0 Å². The first-order valence-corrected chi connectivity index (χ1v) is 23.0. The molecule has 0 saturated heterocycles. The van der Waals surface area contributed by atoms with Crippen molar-refractivity contribution in [3.63, 3.8) is 0 Å². The first-order valence-electron chi connectivity index (χ1n) is 23.0. The van der Waals surface area contributed by atoms with Gasteiger partial charge in [0.25, 0.3) is 0 Å². The number of nitrogens with zero attached hydrogens (tertiary/aromatic N) is 1. The molecule has 0 unspecified atom stereocenters. The third-order valence-electron chi connectivity index (χ3n) is 13.5. The van der Waals surface area contributed by atoms with Crippen molar-refractivity contribution in [2.45, 2.75) is 71.6 Å². The zero-order chi connectivity index (χ0) is 44.3. The van der Waals surface area contributed by atoms with Crippen LogP contribution in [0.25, 0.3) is 17.2 Å². The lowest BCUT2D eigenvalue weighted by Gasteiger charge is -2.45. The summed E-state index contributed by atoms with van der Waals surface area (Å²) in [5.41, 5.74) is 22.4.